The van der Waals surface area contributed by atoms with Gasteiger partial charge >= 0.3 is 0 Å². The van der Waals surface area contributed by atoms with Gasteiger partial charge in [0.2, 0.25) is 0 Å². The van der Waals surface area contributed by atoms with E-state index in [-0.39, 0.29) is 5.41 Å². The molecule has 17 heavy (non-hydrogen) atoms. The molecule has 1 heteroatoms. The highest BCUT2D eigenvalue weighted by Gasteiger charge is 2.31. The van der Waals surface area contributed by atoms with Gasteiger partial charge in [0.1, 0.15) is 0 Å². The van der Waals surface area contributed by atoms with Crippen LogP contribution in [0.15, 0.2) is 22.8 Å². The van der Waals surface area contributed by atoms with Gasteiger partial charge in [-0.1, -0.05) is 53.2 Å². The summed E-state index contributed by atoms with van der Waals surface area (Å²) in [4.78, 5) is 0. The van der Waals surface area contributed by atoms with Crippen molar-refractivity contribution < 1.29 is 0 Å². The van der Waals surface area contributed by atoms with E-state index in [0.29, 0.717) is 11.3 Å². The van der Waals surface area contributed by atoms with Crippen LogP contribution in [0.4, 0.5) is 0 Å². The molecule has 0 nitrogen and oxygen atoms in total. The third-order valence-electron chi connectivity index (χ3n) is 3.88. The summed E-state index contributed by atoms with van der Waals surface area (Å²) < 4.78 is 0. The summed E-state index contributed by atoms with van der Waals surface area (Å²) in [6, 6.07) is 0. The third-order valence-corrected chi connectivity index (χ3v) is 4.26. The molecule has 0 heterocycles. The third kappa shape index (κ3) is 3.40. The highest BCUT2D eigenvalue weighted by atomic mass is 32.1. The smallest absolute Gasteiger partial charge is 0.0119 e. The number of hydrogen-bond donors (Lipinski definition) is 1. The van der Waals surface area contributed by atoms with Crippen LogP contribution < -0.4 is 0 Å². The van der Waals surface area contributed by atoms with Gasteiger partial charge in [-0.15, -0.1) is 0 Å². The van der Waals surface area contributed by atoms with Gasteiger partial charge in [0.05, 0.1) is 0 Å². The van der Waals surface area contributed by atoms with Crippen molar-refractivity contribution in [1.82, 2.24) is 0 Å². The van der Waals surface area contributed by atoms with Gasteiger partial charge in [-0.2, -0.15) is 12.6 Å². The predicted molar refractivity (Wildman–Crippen MR) is 81.7 cm³/mol. The van der Waals surface area contributed by atoms with Crippen molar-refractivity contribution in [1.29, 1.82) is 0 Å². The molecule has 1 atom stereocenters. The van der Waals surface area contributed by atoms with Crippen molar-refractivity contribution >= 4 is 12.6 Å². The molecule has 0 aromatic heterocycles. The molecular formula is C16H28S. The van der Waals surface area contributed by atoms with Crippen LogP contribution in [0.2, 0.25) is 0 Å². The van der Waals surface area contributed by atoms with Crippen LogP contribution >= 0.6 is 12.6 Å². The summed E-state index contributed by atoms with van der Waals surface area (Å²) in [5.74, 6) is 1.54. The van der Waals surface area contributed by atoms with Gasteiger partial charge in [0, 0.05) is 5.75 Å². The number of rotatable bonds is 1. The highest BCUT2D eigenvalue weighted by molar-refractivity contribution is 7.80. The lowest BCUT2D eigenvalue weighted by molar-refractivity contribution is 0.283. The van der Waals surface area contributed by atoms with Crippen molar-refractivity contribution in [2.75, 3.05) is 5.75 Å². The summed E-state index contributed by atoms with van der Waals surface area (Å²) in [5.41, 5.74) is 5.11. The Morgan fingerprint density at radius 3 is 2.06 bits per heavy atom. The second-order valence-corrected chi connectivity index (χ2v) is 7.71. The van der Waals surface area contributed by atoms with Crippen LogP contribution in [0.25, 0.3) is 0 Å². The zero-order valence-electron chi connectivity index (χ0n) is 12.5. The second-order valence-electron chi connectivity index (χ2n) is 7.39. The van der Waals surface area contributed by atoms with E-state index in [4.69, 9.17) is 0 Å². The first kappa shape index (κ1) is 14.9. The fourth-order valence-corrected chi connectivity index (χ4v) is 2.91. The van der Waals surface area contributed by atoms with Crippen LogP contribution in [0.5, 0.6) is 0 Å². The van der Waals surface area contributed by atoms with Crippen LogP contribution in [0, 0.1) is 16.7 Å². The van der Waals surface area contributed by atoms with Gasteiger partial charge in [-0.25, -0.2) is 0 Å². The Balaban J connectivity index is 3.21. The molecule has 0 amide bonds. The quantitative estimate of drug-likeness (QED) is 0.604. The molecule has 1 rings (SSSR count). The lowest BCUT2D eigenvalue weighted by Gasteiger charge is -2.37. The zero-order valence-corrected chi connectivity index (χ0v) is 13.4. The first-order chi connectivity index (χ1) is 7.57. The normalized spacial score (nSPS) is 22.8. The van der Waals surface area contributed by atoms with Crippen LogP contribution in [-0.2, 0) is 0 Å². The van der Waals surface area contributed by atoms with E-state index in [2.05, 4.69) is 67.2 Å². The molecule has 1 aliphatic carbocycles. The van der Waals surface area contributed by atoms with E-state index in [1.165, 1.54) is 23.1 Å². The molecule has 0 saturated heterocycles. The molecule has 0 aliphatic heterocycles. The Bertz CT molecular complexity index is 345. The maximum atomic E-state index is 4.51. The monoisotopic (exact) mass is 252 g/mol. The molecule has 0 spiro atoms. The second kappa shape index (κ2) is 4.84. The van der Waals surface area contributed by atoms with Crippen molar-refractivity contribution in [3.63, 3.8) is 0 Å². The van der Waals surface area contributed by atoms with Gasteiger partial charge < -0.3 is 0 Å². The molecule has 0 radical (unpaired) electrons. The first-order valence-corrected chi connectivity index (χ1v) is 7.22. The molecule has 0 bridgehead atoms. The topological polar surface area (TPSA) is 0 Å². The fraction of sp³-hybridized carbons (Fsp3) is 0.750. The van der Waals surface area contributed by atoms with Gasteiger partial charge in [-0.3, -0.25) is 0 Å². The Morgan fingerprint density at radius 2 is 1.71 bits per heavy atom. The predicted octanol–water partition coefficient (Wildman–Crippen LogP) is 5.27. The van der Waals surface area contributed by atoms with E-state index in [9.17, 15) is 0 Å². The van der Waals surface area contributed by atoms with Gasteiger partial charge in [-0.05, 0) is 41.2 Å². The maximum Gasteiger partial charge on any atom is 0.0119 e. The average Bonchev–Trinajstić information content (AvgIpc) is 2.14. The Labute approximate surface area is 113 Å². The Morgan fingerprint density at radius 1 is 1.18 bits per heavy atom. The molecule has 98 valence electrons. The first-order valence-electron chi connectivity index (χ1n) is 6.59. The van der Waals surface area contributed by atoms with E-state index >= 15 is 0 Å². The van der Waals surface area contributed by atoms with Crippen molar-refractivity contribution in [2.24, 2.45) is 16.7 Å². The molecule has 0 aromatic carbocycles. The molecule has 1 unspecified atom stereocenters. The summed E-state index contributed by atoms with van der Waals surface area (Å²) >= 11 is 4.51. The molecule has 0 saturated carbocycles. The number of allylic oxidation sites excluding steroid dienone is 3. The molecular weight excluding hydrogens is 224 g/mol. The van der Waals surface area contributed by atoms with Crippen molar-refractivity contribution in [2.45, 2.75) is 54.9 Å². The van der Waals surface area contributed by atoms with Crippen LogP contribution in [0.1, 0.15) is 54.9 Å². The average molecular weight is 252 g/mol. The Kier molecular flexibility index (Phi) is 4.24. The number of hydrogen-bond acceptors (Lipinski definition) is 1. The van der Waals surface area contributed by atoms with E-state index in [0.717, 1.165) is 5.75 Å². The summed E-state index contributed by atoms with van der Waals surface area (Å²) in [6.07, 6.45) is 3.70. The summed E-state index contributed by atoms with van der Waals surface area (Å²) in [5, 5.41) is 0. The Hall–Kier alpha value is -0.170. The van der Waals surface area contributed by atoms with Gasteiger partial charge in [0.25, 0.3) is 0 Å². The maximum absolute atomic E-state index is 4.51. The van der Waals surface area contributed by atoms with Crippen molar-refractivity contribution in [3.8, 4) is 0 Å². The van der Waals surface area contributed by atoms with Crippen LogP contribution in [-0.4, -0.2) is 5.75 Å². The largest absolute Gasteiger partial charge is 0.175 e. The molecule has 0 aromatic rings. The fourth-order valence-electron chi connectivity index (χ4n) is 2.55. The van der Waals surface area contributed by atoms with Gasteiger partial charge in [0.15, 0.2) is 0 Å². The van der Waals surface area contributed by atoms with E-state index in [1.807, 2.05) is 0 Å². The minimum absolute atomic E-state index is 0.238. The standard InChI is InChI=1S/C16H28S/c1-11-12(10-17)8-13(15(2,3)4)9-14(11)16(5,6)7/h9,13,17H,8,10H2,1-7H3. The minimum atomic E-state index is 0.238. The van der Waals surface area contributed by atoms with E-state index in [1.54, 1.807) is 0 Å². The van der Waals surface area contributed by atoms with Crippen LogP contribution in [0.3, 0.4) is 0 Å². The lowest BCUT2D eigenvalue weighted by atomic mass is 9.68. The summed E-state index contributed by atoms with van der Waals surface area (Å²) in [6.45, 7) is 16.2. The minimum Gasteiger partial charge on any atom is -0.175 e. The van der Waals surface area contributed by atoms with E-state index < -0.39 is 0 Å². The highest BCUT2D eigenvalue weighted by Crippen LogP contribution is 2.44. The molecule has 0 fully saturated rings. The molecule has 1 aliphatic rings. The SMILES string of the molecule is CC1=C(CS)CC(C(C)(C)C)C=C1C(C)(C)C. The molecule has 0 N–H and O–H groups in total. The van der Waals surface area contributed by atoms with Crippen molar-refractivity contribution in [3.05, 3.63) is 22.8 Å². The number of thiol groups is 1. The lowest BCUT2D eigenvalue weighted by Crippen LogP contribution is -2.26. The summed E-state index contributed by atoms with van der Waals surface area (Å²) in [7, 11) is 0. The zero-order chi connectivity index (χ0) is 13.4.